The molecule has 1 unspecified atom stereocenters. The molecule has 4 heteroatoms. The van der Waals surface area contributed by atoms with Gasteiger partial charge >= 0.3 is 11.9 Å². The summed E-state index contributed by atoms with van der Waals surface area (Å²) < 4.78 is 0. The Morgan fingerprint density at radius 3 is 2.06 bits per heavy atom. The van der Waals surface area contributed by atoms with Gasteiger partial charge in [0, 0.05) is 12.8 Å². The zero-order valence-electron chi connectivity index (χ0n) is 9.95. The minimum Gasteiger partial charge on any atom is -0.481 e. The van der Waals surface area contributed by atoms with Crippen LogP contribution in [0.25, 0.3) is 0 Å². The number of rotatable bonds is 10. The van der Waals surface area contributed by atoms with Crippen LogP contribution >= 0.6 is 0 Å². The molecule has 0 aromatic carbocycles. The molecule has 0 fully saturated rings. The molecule has 0 heterocycles. The van der Waals surface area contributed by atoms with E-state index < -0.39 is 11.9 Å². The van der Waals surface area contributed by atoms with E-state index in [0.717, 1.165) is 38.5 Å². The highest BCUT2D eigenvalue weighted by Gasteiger charge is 2.06. The Labute approximate surface area is 96.7 Å². The lowest BCUT2D eigenvalue weighted by Gasteiger charge is -2.07. The second-order valence-corrected chi connectivity index (χ2v) is 4.40. The zero-order valence-corrected chi connectivity index (χ0v) is 9.95. The first kappa shape index (κ1) is 14.9. The smallest absolute Gasteiger partial charge is 0.303 e. The zero-order chi connectivity index (χ0) is 12.4. The van der Waals surface area contributed by atoms with Gasteiger partial charge in [0.05, 0.1) is 0 Å². The largest absolute Gasteiger partial charge is 0.481 e. The summed E-state index contributed by atoms with van der Waals surface area (Å²) >= 11 is 0. The molecule has 1 atom stereocenters. The molecule has 0 aliphatic heterocycles. The molecular formula is C12H22O4. The molecule has 2 N–H and O–H groups in total. The van der Waals surface area contributed by atoms with E-state index >= 15 is 0 Å². The fourth-order valence-corrected chi connectivity index (χ4v) is 1.70. The van der Waals surface area contributed by atoms with Crippen LogP contribution in [-0.4, -0.2) is 22.2 Å². The second kappa shape index (κ2) is 9.19. The first-order valence-corrected chi connectivity index (χ1v) is 5.96. The number of hydrogen-bond acceptors (Lipinski definition) is 2. The quantitative estimate of drug-likeness (QED) is 0.566. The summed E-state index contributed by atoms with van der Waals surface area (Å²) in [4.78, 5) is 20.6. The van der Waals surface area contributed by atoms with Crippen LogP contribution in [0.3, 0.4) is 0 Å². The van der Waals surface area contributed by atoms with Gasteiger partial charge in [-0.2, -0.15) is 0 Å². The standard InChI is InChI=1S/C12H22O4/c1-10(9-12(15)16)7-5-3-2-4-6-8-11(13)14/h10H,2-9H2,1H3,(H,13,14)(H,15,16). The van der Waals surface area contributed by atoms with Crippen LogP contribution in [0.2, 0.25) is 0 Å². The third-order valence-electron chi connectivity index (χ3n) is 2.61. The lowest BCUT2D eigenvalue weighted by molar-refractivity contribution is -0.138. The third kappa shape index (κ3) is 11.0. The number of carboxylic acids is 2. The van der Waals surface area contributed by atoms with Gasteiger partial charge in [-0.25, -0.2) is 0 Å². The van der Waals surface area contributed by atoms with Crippen LogP contribution in [0.1, 0.15) is 58.3 Å². The van der Waals surface area contributed by atoms with Crippen molar-refractivity contribution in [2.45, 2.75) is 58.3 Å². The van der Waals surface area contributed by atoms with Crippen molar-refractivity contribution in [2.75, 3.05) is 0 Å². The van der Waals surface area contributed by atoms with E-state index in [1.54, 1.807) is 0 Å². The van der Waals surface area contributed by atoms with E-state index in [2.05, 4.69) is 0 Å². The minimum absolute atomic E-state index is 0.247. The van der Waals surface area contributed by atoms with Crippen LogP contribution in [0, 0.1) is 5.92 Å². The summed E-state index contributed by atoms with van der Waals surface area (Å²) in [7, 11) is 0. The Balaban J connectivity index is 3.20. The van der Waals surface area contributed by atoms with E-state index in [9.17, 15) is 9.59 Å². The topological polar surface area (TPSA) is 74.6 Å². The molecule has 0 aromatic rings. The number of carboxylic acid groups (broad SMARTS) is 2. The number of hydrogen-bond donors (Lipinski definition) is 2. The Morgan fingerprint density at radius 2 is 1.50 bits per heavy atom. The molecule has 16 heavy (non-hydrogen) atoms. The first-order chi connectivity index (χ1) is 7.52. The van der Waals surface area contributed by atoms with Crippen LogP contribution in [0.15, 0.2) is 0 Å². The molecule has 94 valence electrons. The van der Waals surface area contributed by atoms with Gasteiger partial charge in [-0.15, -0.1) is 0 Å². The average Bonchev–Trinajstić information content (AvgIpc) is 2.14. The molecule has 0 rings (SSSR count). The Bertz CT molecular complexity index is 213. The first-order valence-electron chi connectivity index (χ1n) is 5.96. The van der Waals surface area contributed by atoms with Crippen molar-refractivity contribution in [3.05, 3.63) is 0 Å². The Kier molecular flexibility index (Phi) is 8.58. The van der Waals surface area contributed by atoms with Crippen LogP contribution in [0.4, 0.5) is 0 Å². The maximum atomic E-state index is 10.4. The predicted octanol–water partition coefficient (Wildman–Crippen LogP) is 2.91. The average molecular weight is 230 g/mol. The van der Waals surface area contributed by atoms with Crippen LogP contribution in [-0.2, 0) is 9.59 Å². The van der Waals surface area contributed by atoms with Crippen molar-refractivity contribution in [3.63, 3.8) is 0 Å². The fraction of sp³-hybridized carbons (Fsp3) is 0.833. The van der Waals surface area contributed by atoms with Crippen LogP contribution in [0.5, 0.6) is 0 Å². The number of carbonyl (C=O) groups is 2. The summed E-state index contributed by atoms with van der Waals surface area (Å²) in [6.45, 7) is 1.96. The minimum atomic E-state index is -0.728. The van der Waals surface area contributed by atoms with Crippen molar-refractivity contribution < 1.29 is 19.8 Å². The molecule has 0 bridgehead atoms. The van der Waals surface area contributed by atoms with Gasteiger partial charge in [0.1, 0.15) is 0 Å². The van der Waals surface area contributed by atoms with Crippen molar-refractivity contribution >= 4 is 11.9 Å². The maximum absolute atomic E-state index is 10.4. The van der Waals surface area contributed by atoms with Gasteiger partial charge in [0.2, 0.25) is 0 Å². The van der Waals surface area contributed by atoms with Gasteiger partial charge < -0.3 is 10.2 Å². The monoisotopic (exact) mass is 230 g/mol. The third-order valence-corrected chi connectivity index (χ3v) is 2.61. The lowest BCUT2D eigenvalue weighted by atomic mass is 9.99. The van der Waals surface area contributed by atoms with Gasteiger partial charge in [0.15, 0.2) is 0 Å². The summed E-state index contributed by atoms with van der Waals surface area (Å²) in [6.07, 6.45) is 6.33. The van der Waals surface area contributed by atoms with Crippen molar-refractivity contribution in [2.24, 2.45) is 5.92 Å². The van der Waals surface area contributed by atoms with E-state index in [-0.39, 0.29) is 18.8 Å². The molecule has 0 amide bonds. The highest BCUT2D eigenvalue weighted by Crippen LogP contribution is 2.14. The normalized spacial score (nSPS) is 12.3. The molecule has 0 aliphatic rings. The van der Waals surface area contributed by atoms with Gasteiger partial charge in [-0.05, 0) is 12.3 Å². The van der Waals surface area contributed by atoms with E-state index in [1.807, 2.05) is 6.92 Å². The number of unbranched alkanes of at least 4 members (excludes halogenated alkanes) is 4. The molecule has 4 nitrogen and oxygen atoms in total. The summed E-state index contributed by atoms with van der Waals surface area (Å²) in [6, 6.07) is 0. The molecule has 0 spiro atoms. The van der Waals surface area contributed by atoms with Crippen molar-refractivity contribution in [3.8, 4) is 0 Å². The van der Waals surface area contributed by atoms with Gasteiger partial charge in [0.25, 0.3) is 0 Å². The molecule has 0 radical (unpaired) electrons. The van der Waals surface area contributed by atoms with Gasteiger partial charge in [-0.1, -0.05) is 39.0 Å². The van der Waals surface area contributed by atoms with Crippen molar-refractivity contribution in [1.82, 2.24) is 0 Å². The number of aliphatic carboxylic acids is 2. The highest BCUT2D eigenvalue weighted by molar-refractivity contribution is 5.67. The summed E-state index contributed by atoms with van der Waals surface area (Å²) in [5.74, 6) is -1.21. The fourth-order valence-electron chi connectivity index (χ4n) is 1.70. The second-order valence-electron chi connectivity index (χ2n) is 4.40. The van der Waals surface area contributed by atoms with Crippen LogP contribution < -0.4 is 0 Å². The van der Waals surface area contributed by atoms with Crippen molar-refractivity contribution in [1.29, 1.82) is 0 Å². The molecule has 0 saturated carbocycles. The summed E-state index contributed by atoms with van der Waals surface area (Å²) in [5, 5.41) is 17.0. The van der Waals surface area contributed by atoms with E-state index in [4.69, 9.17) is 10.2 Å². The Hall–Kier alpha value is -1.06. The molecular weight excluding hydrogens is 208 g/mol. The lowest BCUT2D eigenvalue weighted by Crippen LogP contribution is -2.03. The van der Waals surface area contributed by atoms with Gasteiger partial charge in [-0.3, -0.25) is 9.59 Å². The molecule has 0 aromatic heterocycles. The summed E-state index contributed by atoms with van der Waals surface area (Å²) in [5.41, 5.74) is 0. The van der Waals surface area contributed by atoms with E-state index in [1.165, 1.54) is 0 Å². The highest BCUT2D eigenvalue weighted by atomic mass is 16.4. The maximum Gasteiger partial charge on any atom is 0.303 e. The Morgan fingerprint density at radius 1 is 0.938 bits per heavy atom. The molecule has 0 aliphatic carbocycles. The van der Waals surface area contributed by atoms with E-state index in [0.29, 0.717) is 0 Å². The SMILES string of the molecule is CC(CCCCCCCC(=O)O)CC(=O)O. The molecule has 0 saturated heterocycles. The predicted molar refractivity (Wildman–Crippen MR) is 61.4 cm³/mol.